The first-order chi connectivity index (χ1) is 15.3. The van der Waals surface area contributed by atoms with E-state index in [4.69, 9.17) is 0 Å². The Labute approximate surface area is 187 Å². The van der Waals surface area contributed by atoms with Gasteiger partial charge >= 0.3 is 0 Å². The molecule has 0 aliphatic carbocycles. The number of benzene rings is 2. The fourth-order valence-electron chi connectivity index (χ4n) is 4.37. The number of carbonyl (C=O) groups excluding carboxylic acids is 1. The summed E-state index contributed by atoms with van der Waals surface area (Å²) in [5, 5.41) is 0. The van der Waals surface area contributed by atoms with Crippen LogP contribution in [-0.2, 0) is 21.4 Å². The van der Waals surface area contributed by atoms with Gasteiger partial charge in [-0.25, -0.2) is 17.2 Å². The molecule has 1 atom stereocenters. The molecule has 2 aromatic carbocycles. The van der Waals surface area contributed by atoms with E-state index in [0.29, 0.717) is 57.7 Å². The third kappa shape index (κ3) is 5.00. The summed E-state index contributed by atoms with van der Waals surface area (Å²) in [5.41, 5.74) is 0.640. The minimum Gasteiger partial charge on any atom is -0.340 e. The maximum Gasteiger partial charge on any atom is 0.243 e. The molecule has 9 heteroatoms. The van der Waals surface area contributed by atoms with Gasteiger partial charge in [0.15, 0.2) is 0 Å². The summed E-state index contributed by atoms with van der Waals surface area (Å²) in [4.78, 5) is 17.0. The Kier molecular flexibility index (Phi) is 6.88. The lowest BCUT2D eigenvalue weighted by atomic mass is 9.97. The number of nitrogens with zero attached hydrogens (tertiary/aromatic N) is 3. The lowest BCUT2D eigenvalue weighted by Crippen LogP contribution is -2.52. The van der Waals surface area contributed by atoms with Gasteiger partial charge in [-0.05, 0) is 43.2 Å². The first kappa shape index (κ1) is 22.8. The van der Waals surface area contributed by atoms with E-state index in [2.05, 4.69) is 4.90 Å². The zero-order chi connectivity index (χ0) is 22.7. The highest BCUT2D eigenvalue weighted by Crippen LogP contribution is 2.26. The number of piperidine rings is 1. The molecular formula is C23H27F2N3O3S. The predicted octanol–water partition coefficient (Wildman–Crippen LogP) is 2.71. The van der Waals surface area contributed by atoms with Gasteiger partial charge in [0, 0.05) is 51.4 Å². The lowest BCUT2D eigenvalue weighted by molar-refractivity contribution is -0.138. The SMILES string of the molecule is O=C(C1CCCN(S(=O)(=O)c2ccc(F)cc2)C1)N1CCN(Cc2ccccc2F)CC1. The number of sulfonamides is 1. The number of rotatable bonds is 5. The molecule has 2 saturated heterocycles. The molecule has 0 radical (unpaired) electrons. The van der Waals surface area contributed by atoms with Crippen molar-refractivity contribution in [3.63, 3.8) is 0 Å². The van der Waals surface area contributed by atoms with Crippen molar-refractivity contribution in [2.45, 2.75) is 24.3 Å². The highest BCUT2D eigenvalue weighted by Gasteiger charge is 2.35. The lowest BCUT2D eigenvalue weighted by Gasteiger charge is -2.38. The number of amides is 1. The summed E-state index contributed by atoms with van der Waals surface area (Å²) in [6, 6.07) is 11.5. The van der Waals surface area contributed by atoms with Gasteiger partial charge in [0.1, 0.15) is 11.6 Å². The van der Waals surface area contributed by atoms with E-state index in [1.165, 1.54) is 22.5 Å². The Balaban J connectivity index is 1.34. The van der Waals surface area contributed by atoms with E-state index >= 15 is 0 Å². The minimum absolute atomic E-state index is 0.0328. The highest BCUT2D eigenvalue weighted by molar-refractivity contribution is 7.89. The van der Waals surface area contributed by atoms with Crippen LogP contribution in [0.25, 0.3) is 0 Å². The van der Waals surface area contributed by atoms with Crippen LogP contribution in [0.1, 0.15) is 18.4 Å². The van der Waals surface area contributed by atoms with Crippen molar-refractivity contribution in [1.82, 2.24) is 14.1 Å². The van der Waals surface area contributed by atoms with Gasteiger partial charge in [-0.15, -0.1) is 0 Å². The normalized spacial score (nSPS) is 20.9. The molecule has 0 aromatic heterocycles. The number of piperazine rings is 1. The molecule has 172 valence electrons. The number of halogens is 2. The molecule has 2 aliphatic heterocycles. The first-order valence-corrected chi connectivity index (χ1v) is 12.3. The monoisotopic (exact) mass is 463 g/mol. The Hall–Kier alpha value is -2.36. The Bertz CT molecular complexity index is 1050. The van der Waals surface area contributed by atoms with Crippen molar-refractivity contribution in [1.29, 1.82) is 0 Å². The molecular weight excluding hydrogens is 436 g/mol. The van der Waals surface area contributed by atoms with Crippen molar-refractivity contribution in [2.24, 2.45) is 5.92 Å². The van der Waals surface area contributed by atoms with Crippen molar-refractivity contribution in [2.75, 3.05) is 39.3 Å². The maximum atomic E-state index is 13.9. The van der Waals surface area contributed by atoms with Gasteiger partial charge in [0.05, 0.1) is 10.8 Å². The molecule has 0 saturated carbocycles. The fourth-order valence-corrected chi connectivity index (χ4v) is 5.89. The molecule has 6 nitrogen and oxygen atoms in total. The molecule has 2 heterocycles. The third-order valence-electron chi connectivity index (χ3n) is 6.22. The van der Waals surface area contributed by atoms with Gasteiger partial charge < -0.3 is 4.90 Å². The average molecular weight is 464 g/mol. The van der Waals surface area contributed by atoms with E-state index in [1.807, 2.05) is 6.07 Å². The highest BCUT2D eigenvalue weighted by atomic mass is 32.2. The average Bonchev–Trinajstić information content (AvgIpc) is 2.81. The topological polar surface area (TPSA) is 60.9 Å². The van der Waals surface area contributed by atoms with Crippen LogP contribution in [0.15, 0.2) is 53.4 Å². The van der Waals surface area contributed by atoms with E-state index in [9.17, 15) is 22.0 Å². The van der Waals surface area contributed by atoms with E-state index in [-0.39, 0.29) is 23.2 Å². The zero-order valence-corrected chi connectivity index (χ0v) is 18.6. The smallest absolute Gasteiger partial charge is 0.243 e. The summed E-state index contributed by atoms with van der Waals surface area (Å²) < 4.78 is 54.3. The van der Waals surface area contributed by atoms with Crippen molar-refractivity contribution >= 4 is 15.9 Å². The van der Waals surface area contributed by atoms with Crippen LogP contribution in [0.4, 0.5) is 8.78 Å². The molecule has 1 unspecified atom stereocenters. The summed E-state index contributed by atoms with van der Waals surface area (Å²) in [6.07, 6.45) is 1.24. The molecule has 0 spiro atoms. The Morgan fingerprint density at radius 1 is 0.938 bits per heavy atom. The molecule has 0 N–H and O–H groups in total. The number of carbonyl (C=O) groups is 1. The third-order valence-corrected chi connectivity index (χ3v) is 8.10. The van der Waals surface area contributed by atoms with Gasteiger partial charge in [-0.3, -0.25) is 9.69 Å². The van der Waals surface area contributed by atoms with Crippen LogP contribution in [0.5, 0.6) is 0 Å². The fraction of sp³-hybridized carbons (Fsp3) is 0.435. The number of hydrogen-bond donors (Lipinski definition) is 0. The van der Waals surface area contributed by atoms with Crippen molar-refractivity contribution < 1.29 is 22.0 Å². The largest absolute Gasteiger partial charge is 0.340 e. The van der Waals surface area contributed by atoms with Gasteiger partial charge in [0.2, 0.25) is 15.9 Å². The van der Waals surface area contributed by atoms with Crippen LogP contribution in [0, 0.1) is 17.6 Å². The predicted molar refractivity (Wildman–Crippen MR) is 116 cm³/mol. The molecule has 0 bridgehead atoms. The summed E-state index contributed by atoms with van der Waals surface area (Å²) in [6.45, 7) is 3.34. The first-order valence-electron chi connectivity index (χ1n) is 10.8. The van der Waals surface area contributed by atoms with Gasteiger partial charge in [0.25, 0.3) is 0 Å². The van der Waals surface area contributed by atoms with Crippen molar-refractivity contribution in [3.05, 3.63) is 65.7 Å². The van der Waals surface area contributed by atoms with E-state index in [1.54, 1.807) is 17.0 Å². The summed E-state index contributed by atoms with van der Waals surface area (Å²) in [7, 11) is -3.77. The second kappa shape index (κ2) is 9.64. The maximum absolute atomic E-state index is 13.9. The minimum atomic E-state index is -3.77. The zero-order valence-electron chi connectivity index (χ0n) is 17.8. The van der Waals surface area contributed by atoms with Crippen LogP contribution in [0.2, 0.25) is 0 Å². The molecule has 1 amide bonds. The van der Waals surface area contributed by atoms with Gasteiger partial charge in [-0.1, -0.05) is 18.2 Å². The van der Waals surface area contributed by atoms with Gasteiger partial charge in [-0.2, -0.15) is 4.31 Å². The van der Waals surface area contributed by atoms with Crippen LogP contribution >= 0.6 is 0 Å². The molecule has 4 rings (SSSR count). The van der Waals surface area contributed by atoms with Crippen molar-refractivity contribution in [3.8, 4) is 0 Å². The second-order valence-corrected chi connectivity index (χ2v) is 10.3. The Morgan fingerprint density at radius 2 is 1.62 bits per heavy atom. The quantitative estimate of drug-likeness (QED) is 0.684. The van der Waals surface area contributed by atoms with Crippen LogP contribution in [0.3, 0.4) is 0 Å². The molecule has 2 aliphatic rings. The Morgan fingerprint density at radius 3 is 2.31 bits per heavy atom. The second-order valence-electron chi connectivity index (χ2n) is 8.35. The van der Waals surface area contributed by atoms with E-state index in [0.717, 1.165) is 12.1 Å². The summed E-state index contributed by atoms with van der Waals surface area (Å²) >= 11 is 0. The molecule has 32 heavy (non-hydrogen) atoms. The van der Waals surface area contributed by atoms with Crippen LogP contribution < -0.4 is 0 Å². The summed E-state index contributed by atoms with van der Waals surface area (Å²) in [5.74, 6) is -1.15. The molecule has 2 fully saturated rings. The number of hydrogen-bond acceptors (Lipinski definition) is 4. The van der Waals surface area contributed by atoms with Crippen LogP contribution in [-0.4, -0.2) is 67.7 Å². The van der Waals surface area contributed by atoms with E-state index < -0.39 is 21.8 Å². The standard InChI is InChI=1S/C23H27F2N3O3S/c24-20-7-9-21(10-8-20)32(30,31)28-11-3-5-19(17-28)23(29)27-14-12-26(13-15-27)16-18-4-1-2-6-22(18)25/h1-2,4,6-10,19H,3,5,11-17H2. The molecule has 2 aromatic rings.